The summed E-state index contributed by atoms with van der Waals surface area (Å²) in [5, 5.41) is 41.7. The lowest BCUT2D eigenvalue weighted by Crippen LogP contribution is -2.70. The summed E-state index contributed by atoms with van der Waals surface area (Å²) in [5.41, 5.74) is 3.95. The maximum absolute atomic E-state index is 15.5. The number of fused-ring (bicyclic) bond motifs is 3. The second-order valence-electron chi connectivity index (χ2n) is 22.1. The lowest BCUT2D eigenvalue weighted by molar-refractivity contribution is -0.384. The normalized spacial score (nSPS) is 19.9. The highest BCUT2D eigenvalue weighted by atomic mass is 16.7. The quantitative estimate of drug-likeness (QED) is 0.0155. The number of nitrogens with one attached hydrogen (secondary N) is 1. The van der Waals surface area contributed by atoms with Crippen LogP contribution in [0.2, 0.25) is 0 Å². The number of oxime groups is 1. The van der Waals surface area contributed by atoms with Gasteiger partial charge in [-0.15, -0.1) is 6.58 Å². The molecular formula is C67H84N4O13. The third-order valence-corrected chi connectivity index (χ3v) is 16.6. The maximum Gasteiger partial charge on any atom is 0.417 e. The van der Waals surface area contributed by atoms with Gasteiger partial charge in [0.1, 0.15) is 35.6 Å². The fraction of sp³-hybridized carbons (Fsp3) is 0.478. The van der Waals surface area contributed by atoms with Crippen molar-refractivity contribution < 1.29 is 58.0 Å². The highest BCUT2D eigenvalue weighted by Crippen LogP contribution is 2.62. The lowest BCUT2D eigenvalue weighted by Gasteiger charge is -2.59. The molecule has 2 amide bonds. The minimum Gasteiger partial charge on any atom is -0.497 e. The average Bonchev–Trinajstić information content (AvgIpc) is 0.927. The Labute approximate surface area is 494 Å². The van der Waals surface area contributed by atoms with Crippen LogP contribution in [0.5, 0.6) is 23.0 Å². The number of methoxy groups -OCH3 is 2. The number of benzene rings is 5. The number of aliphatic hydroxyl groups excluding tert-OH is 2. The molecule has 2 aliphatic carbocycles. The third-order valence-electron chi connectivity index (χ3n) is 16.6. The molecule has 5 aromatic rings. The van der Waals surface area contributed by atoms with Crippen molar-refractivity contribution >= 4 is 40.0 Å². The topological polar surface area (TPSA) is 210 Å². The van der Waals surface area contributed by atoms with Crippen LogP contribution in [0.25, 0.3) is 10.8 Å². The van der Waals surface area contributed by atoms with Gasteiger partial charge in [-0.25, -0.2) is 9.59 Å². The van der Waals surface area contributed by atoms with Gasteiger partial charge in [-0.05, 0) is 114 Å². The monoisotopic (exact) mass is 1150 g/mol. The molecule has 0 spiro atoms. The first-order chi connectivity index (χ1) is 41.1. The van der Waals surface area contributed by atoms with E-state index in [9.17, 15) is 25.1 Å². The zero-order chi connectivity index (χ0) is 59.3. The number of amides is 2. The van der Waals surface area contributed by atoms with Gasteiger partial charge < -0.3 is 43.5 Å². The first kappa shape index (κ1) is 62.6. The molecule has 1 saturated carbocycles. The number of nitro groups is 1. The molecule has 84 heavy (non-hydrogen) atoms. The second kappa shape index (κ2) is 31.4. The molecule has 0 unspecified atom stereocenters. The Hall–Kier alpha value is -7.47. The number of non-ortho nitro benzene ring substituents is 1. The van der Waals surface area contributed by atoms with Crippen LogP contribution in [-0.4, -0.2) is 90.4 Å². The van der Waals surface area contributed by atoms with E-state index >= 15 is 4.79 Å². The van der Waals surface area contributed by atoms with Crippen LogP contribution in [0, 0.1) is 27.9 Å². The molecule has 3 aliphatic rings. The van der Waals surface area contributed by atoms with E-state index in [4.69, 9.17) is 38.4 Å². The summed E-state index contributed by atoms with van der Waals surface area (Å²) in [4.78, 5) is 48.6. The number of carbonyl (C=O) groups excluding carboxylic acids is 2. The zero-order valence-electron chi connectivity index (χ0n) is 49.1. The Morgan fingerprint density at radius 1 is 0.833 bits per heavy atom. The van der Waals surface area contributed by atoms with Crippen molar-refractivity contribution in [1.82, 2.24) is 4.90 Å². The molecular weight excluding hydrogens is 1070 g/mol. The molecule has 1 heterocycles. The van der Waals surface area contributed by atoms with Gasteiger partial charge in [-0.1, -0.05) is 137 Å². The van der Waals surface area contributed by atoms with E-state index in [1.165, 1.54) is 57.8 Å². The number of carbonyl (C=O) groups is 2. The van der Waals surface area contributed by atoms with E-state index in [0.29, 0.717) is 79.2 Å². The molecule has 0 saturated heterocycles. The number of nitro benzene ring substituents is 1. The first-order valence-corrected chi connectivity index (χ1v) is 30.1. The van der Waals surface area contributed by atoms with Crippen LogP contribution >= 0.6 is 0 Å². The van der Waals surface area contributed by atoms with Gasteiger partial charge in [0.25, 0.3) is 5.69 Å². The van der Waals surface area contributed by atoms with Crippen molar-refractivity contribution in [2.45, 2.75) is 147 Å². The third kappa shape index (κ3) is 15.6. The highest BCUT2D eigenvalue weighted by molar-refractivity contribution is 6.03. The summed E-state index contributed by atoms with van der Waals surface area (Å²) in [7, 11) is 3.04. The number of nitrogens with zero attached hydrogens (tertiary/aromatic N) is 3. The summed E-state index contributed by atoms with van der Waals surface area (Å²) >= 11 is 0. The second-order valence-corrected chi connectivity index (χ2v) is 22.1. The predicted octanol–water partition coefficient (Wildman–Crippen LogP) is 14.8. The number of unbranched alkanes of at least 4 members (excludes halogenated alkanes) is 11. The van der Waals surface area contributed by atoms with Gasteiger partial charge in [0.05, 0.1) is 56.2 Å². The molecule has 5 aromatic carbocycles. The van der Waals surface area contributed by atoms with E-state index in [2.05, 4.69) is 31.0 Å². The van der Waals surface area contributed by atoms with Gasteiger partial charge in [0, 0.05) is 49.3 Å². The highest BCUT2D eigenvalue weighted by Gasteiger charge is 2.66. The van der Waals surface area contributed by atoms with E-state index in [0.717, 1.165) is 46.7 Å². The summed E-state index contributed by atoms with van der Waals surface area (Å²) < 4.78 is 38.3. The van der Waals surface area contributed by atoms with E-state index in [-0.39, 0.29) is 69.3 Å². The number of rotatable bonds is 33. The molecule has 450 valence electrons. The summed E-state index contributed by atoms with van der Waals surface area (Å²) in [6.45, 7) is 6.70. The van der Waals surface area contributed by atoms with Crippen LogP contribution in [0.15, 0.2) is 133 Å². The fourth-order valence-corrected chi connectivity index (χ4v) is 12.5. The predicted molar refractivity (Wildman–Crippen MR) is 325 cm³/mol. The number of hydrogen-bond acceptors (Lipinski definition) is 14. The number of allylic oxidation sites excluding steroid dienone is 1. The van der Waals surface area contributed by atoms with Crippen molar-refractivity contribution in [2.24, 2.45) is 22.9 Å². The van der Waals surface area contributed by atoms with Crippen LogP contribution < -0.4 is 24.3 Å². The molecule has 3 N–H and O–H groups in total. The number of anilines is 1. The van der Waals surface area contributed by atoms with Crippen LogP contribution in [0.4, 0.5) is 21.0 Å². The smallest absolute Gasteiger partial charge is 0.417 e. The van der Waals surface area contributed by atoms with Crippen molar-refractivity contribution in [3.8, 4) is 23.0 Å². The first-order valence-electron chi connectivity index (χ1n) is 30.1. The average molecular weight is 1150 g/mol. The molecule has 6 atom stereocenters. The maximum atomic E-state index is 15.5. The van der Waals surface area contributed by atoms with Gasteiger partial charge in [-0.2, -0.15) is 0 Å². The Kier molecular flexibility index (Phi) is 23.4. The Bertz CT molecular complexity index is 3030. The summed E-state index contributed by atoms with van der Waals surface area (Å²) in [5.74, 6) is -1.39. The molecule has 17 nitrogen and oxygen atoms in total. The molecule has 8 rings (SSSR count). The van der Waals surface area contributed by atoms with Crippen LogP contribution in [0.3, 0.4) is 0 Å². The van der Waals surface area contributed by atoms with Crippen molar-refractivity contribution in [1.29, 1.82) is 0 Å². The molecule has 1 fully saturated rings. The van der Waals surface area contributed by atoms with Gasteiger partial charge in [0.15, 0.2) is 0 Å². The molecule has 1 aliphatic heterocycles. The van der Waals surface area contributed by atoms with Crippen molar-refractivity contribution in [3.05, 3.63) is 154 Å². The summed E-state index contributed by atoms with van der Waals surface area (Å²) in [6, 6.07) is 29.7. The van der Waals surface area contributed by atoms with E-state index in [1.54, 1.807) is 60.6 Å². The Balaban J connectivity index is 1.26. The Morgan fingerprint density at radius 2 is 1.55 bits per heavy atom. The minimum absolute atomic E-state index is 0.00455. The van der Waals surface area contributed by atoms with Crippen LogP contribution in [0.1, 0.15) is 139 Å². The number of hydrogen-bond donors (Lipinski definition) is 3. The van der Waals surface area contributed by atoms with Gasteiger partial charge in [0.2, 0.25) is 5.79 Å². The van der Waals surface area contributed by atoms with Crippen molar-refractivity contribution in [3.63, 3.8) is 0 Å². The molecule has 0 bridgehead atoms. The molecule has 0 aromatic heterocycles. The van der Waals surface area contributed by atoms with E-state index < -0.39 is 40.8 Å². The van der Waals surface area contributed by atoms with Crippen molar-refractivity contribution in [2.75, 3.05) is 46.0 Å². The molecule has 0 radical (unpaired) electrons. The molecule has 17 heteroatoms. The standard InChI is InChI=1S/C67H84N4O13/c1-5-7-8-9-10-11-12-13-14-21-40-80-66(75)70(45-50-26-22-25-48-23-15-16-27-54(48)50)62-44-59(69-82-46-47-29-31-51(32-30-47)71(76)77)56-41-49(24-17-19-37-72)55(28-18-20-38-73)63-57-42-53(34-36-60(57)84-67(62,64(56)63)81-39-6-2)83-65(74)68-58-35-33-52(78-3)43-61(58)79-4/h6,15-16,22-23,25-27,29-36,41-43,49,55,62-64,72-73H,2,5,7-14,17-21,24,28,37-40,44-46H2,1,3-4H3,(H,68,74)/t49-,55+,62-,63+,64+,67+/m0/s1. The van der Waals surface area contributed by atoms with Gasteiger partial charge >= 0.3 is 12.2 Å². The SMILES string of the molecule is C=CCO[C@@]12Oc3ccc(OC(=O)Nc4ccc(OC)cc4OC)cc3[C@H]3[C@H](CCCCO)[C@@H](CCCCO)C=C(C(=NOCc4ccc([N+](=O)[O-])cc4)C[C@@H]1N(Cc1cccc4ccccc14)C(=O)OCCCCCCCCCCCC)[C@H]32. The largest absolute Gasteiger partial charge is 0.497 e. The number of ether oxygens (including phenoxy) is 6. The van der Waals surface area contributed by atoms with E-state index in [1.807, 2.05) is 42.5 Å². The zero-order valence-corrected chi connectivity index (χ0v) is 49.1. The fourth-order valence-electron chi connectivity index (χ4n) is 12.5. The minimum atomic E-state index is -1.63. The van der Waals surface area contributed by atoms with Gasteiger partial charge in [-0.3, -0.25) is 20.3 Å². The van der Waals surface area contributed by atoms with Crippen LogP contribution in [-0.2, 0) is 27.5 Å². The number of aliphatic hydroxyl groups is 2. The Morgan fingerprint density at radius 3 is 2.26 bits per heavy atom. The lowest BCUT2D eigenvalue weighted by atomic mass is 9.55. The summed E-state index contributed by atoms with van der Waals surface area (Å²) in [6.07, 6.45) is 17.9.